The van der Waals surface area contributed by atoms with Gasteiger partial charge in [-0.2, -0.15) is 0 Å². The average molecular weight is 315 g/mol. The predicted octanol–water partition coefficient (Wildman–Crippen LogP) is 2.12. The number of piperazine rings is 1. The Morgan fingerprint density at radius 3 is 2.70 bits per heavy atom. The standard InChI is InChI=1S/C18H25N3O2/c1-3-21-12-14(4-7-20-8-5-19-6-9-20)15-10-13(2)11-16(17(15)21)18(22)23/h10-12,19H,3-9H2,1-2H3,(H,22,23). The van der Waals surface area contributed by atoms with Crippen LogP contribution in [0, 0.1) is 6.92 Å². The number of aryl methyl sites for hydroxylation is 2. The van der Waals surface area contributed by atoms with Crippen LogP contribution in [0.25, 0.3) is 10.9 Å². The summed E-state index contributed by atoms with van der Waals surface area (Å²) in [7, 11) is 0. The van der Waals surface area contributed by atoms with E-state index in [0.717, 1.165) is 62.2 Å². The summed E-state index contributed by atoms with van der Waals surface area (Å²) in [6.45, 7) is 10.1. The average Bonchev–Trinajstić information content (AvgIpc) is 2.90. The molecule has 0 radical (unpaired) electrons. The van der Waals surface area contributed by atoms with Crippen LogP contribution in [0.1, 0.15) is 28.4 Å². The molecule has 2 N–H and O–H groups in total. The molecule has 5 nitrogen and oxygen atoms in total. The molecule has 0 amide bonds. The van der Waals surface area contributed by atoms with Crippen molar-refractivity contribution in [2.24, 2.45) is 0 Å². The van der Waals surface area contributed by atoms with Crippen LogP contribution in [0.15, 0.2) is 18.3 Å². The van der Waals surface area contributed by atoms with Crippen LogP contribution in [-0.2, 0) is 13.0 Å². The summed E-state index contributed by atoms with van der Waals surface area (Å²) in [5, 5.41) is 14.0. The molecule has 0 unspecified atom stereocenters. The third kappa shape index (κ3) is 3.26. The van der Waals surface area contributed by atoms with Crippen LogP contribution in [0.2, 0.25) is 0 Å². The molecule has 5 heteroatoms. The van der Waals surface area contributed by atoms with Crippen LogP contribution in [0.3, 0.4) is 0 Å². The van der Waals surface area contributed by atoms with Crippen LogP contribution in [0.4, 0.5) is 0 Å². The van der Waals surface area contributed by atoms with E-state index in [1.165, 1.54) is 5.56 Å². The second-order valence-electron chi connectivity index (χ2n) is 6.30. The summed E-state index contributed by atoms with van der Waals surface area (Å²) in [5.74, 6) is -0.847. The van der Waals surface area contributed by atoms with Crippen LogP contribution in [0.5, 0.6) is 0 Å². The van der Waals surface area contributed by atoms with Crippen molar-refractivity contribution in [1.82, 2.24) is 14.8 Å². The molecule has 1 aliphatic heterocycles. The number of nitrogens with zero attached hydrogens (tertiary/aromatic N) is 2. The molecule has 1 aromatic carbocycles. The van der Waals surface area contributed by atoms with Gasteiger partial charge in [0.05, 0.1) is 11.1 Å². The minimum absolute atomic E-state index is 0.412. The van der Waals surface area contributed by atoms with E-state index < -0.39 is 5.97 Å². The Morgan fingerprint density at radius 2 is 2.04 bits per heavy atom. The number of fused-ring (bicyclic) bond motifs is 1. The lowest BCUT2D eigenvalue weighted by molar-refractivity contribution is 0.0698. The molecule has 2 heterocycles. The van der Waals surface area contributed by atoms with E-state index in [4.69, 9.17) is 0 Å². The van der Waals surface area contributed by atoms with Crippen molar-refractivity contribution in [1.29, 1.82) is 0 Å². The summed E-state index contributed by atoms with van der Waals surface area (Å²) >= 11 is 0. The first-order valence-electron chi connectivity index (χ1n) is 8.39. The maximum absolute atomic E-state index is 11.6. The molecule has 1 saturated heterocycles. The number of aromatic carboxylic acids is 1. The molecule has 0 aliphatic carbocycles. The van der Waals surface area contributed by atoms with Gasteiger partial charge in [0.15, 0.2) is 0 Å². The fourth-order valence-electron chi connectivity index (χ4n) is 3.48. The van der Waals surface area contributed by atoms with E-state index in [2.05, 4.69) is 34.0 Å². The topological polar surface area (TPSA) is 57.5 Å². The number of carbonyl (C=O) groups is 1. The summed E-state index contributed by atoms with van der Waals surface area (Å²) < 4.78 is 2.07. The minimum atomic E-state index is -0.847. The lowest BCUT2D eigenvalue weighted by Gasteiger charge is -2.26. The van der Waals surface area contributed by atoms with Gasteiger partial charge in [-0.25, -0.2) is 4.79 Å². The largest absolute Gasteiger partial charge is 0.478 e. The van der Waals surface area contributed by atoms with Crippen molar-refractivity contribution in [3.8, 4) is 0 Å². The Bertz CT molecular complexity index is 715. The van der Waals surface area contributed by atoms with Gasteiger partial charge in [-0.05, 0) is 43.5 Å². The first kappa shape index (κ1) is 16.0. The minimum Gasteiger partial charge on any atom is -0.478 e. The second-order valence-corrected chi connectivity index (χ2v) is 6.30. The lowest BCUT2D eigenvalue weighted by atomic mass is 10.0. The molecule has 0 saturated carbocycles. The van der Waals surface area contributed by atoms with Gasteiger partial charge >= 0.3 is 5.97 Å². The Hall–Kier alpha value is -1.85. The highest BCUT2D eigenvalue weighted by atomic mass is 16.4. The molecule has 0 atom stereocenters. The first-order chi connectivity index (χ1) is 11.1. The SMILES string of the molecule is CCn1cc(CCN2CCNCC2)c2cc(C)cc(C(=O)O)c21. The zero-order valence-electron chi connectivity index (χ0n) is 13.9. The smallest absolute Gasteiger partial charge is 0.337 e. The number of aromatic nitrogens is 1. The van der Waals surface area contributed by atoms with E-state index in [1.807, 2.05) is 6.92 Å². The summed E-state index contributed by atoms with van der Waals surface area (Å²) in [4.78, 5) is 14.1. The second kappa shape index (κ2) is 6.72. The molecule has 0 spiro atoms. The number of rotatable bonds is 5. The third-order valence-electron chi connectivity index (χ3n) is 4.68. The van der Waals surface area contributed by atoms with E-state index in [9.17, 15) is 9.90 Å². The molecule has 23 heavy (non-hydrogen) atoms. The summed E-state index contributed by atoms with van der Waals surface area (Å²) in [6.07, 6.45) is 3.10. The van der Waals surface area contributed by atoms with Gasteiger partial charge in [0.2, 0.25) is 0 Å². The fraction of sp³-hybridized carbons (Fsp3) is 0.500. The van der Waals surface area contributed by atoms with Gasteiger partial charge < -0.3 is 19.9 Å². The summed E-state index contributed by atoms with van der Waals surface area (Å²) in [5.41, 5.74) is 3.54. The zero-order valence-corrected chi connectivity index (χ0v) is 13.9. The lowest BCUT2D eigenvalue weighted by Crippen LogP contribution is -2.44. The van der Waals surface area contributed by atoms with Crippen molar-refractivity contribution in [3.63, 3.8) is 0 Å². The Labute approximate surface area is 136 Å². The molecule has 1 aliphatic rings. The van der Waals surface area contributed by atoms with Crippen molar-refractivity contribution in [3.05, 3.63) is 35.0 Å². The highest BCUT2D eigenvalue weighted by Gasteiger charge is 2.17. The quantitative estimate of drug-likeness (QED) is 0.887. The molecular formula is C18H25N3O2. The molecular weight excluding hydrogens is 290 g/mol. The van der Waals surface area contributed by atoms with Crippen molar-refractivity contribution >= 4 is 16.9 Å². The number of hydrogen-bond donors (Lipinski definition) is 2. The van der Waals surface area contributed by atoms with Gasteiger partial charge in [0.25, 0.3) is 0 Å². The molecule has 1 fully saturated rings. The molecule has 2 aromatic rings. The monoisotopic (exact) mass is 315 g/mol. The molecule has 3 rings (SSSR count). The maximum atomic E-state index is 11.6. The van der Waals surface area contributed by atoms with Crippen molar-refractivity contribution in [2.45, 2.75) is 26.8 Å². The highest BCUT2D eigenvalue weighted by Crippen LogP contribution is 2.27. The van der Waals surface area contributed by atoms with Gasteiger partial charge in [0, 0.05) is 50.9 Å². The maximum Gasteiger partial charge on any atom is 0.337 e. The van der Waals surface area contributed by atoms with E-state index >= 15 is 0 Å². The number of hydrogen-bond acceptors (Lipinski definition) is 3. The van der Waals surface area contributed by atoms with Crippen LogP contribution < -0.4 is 5.32 Å². The van der Waals surface area contributed by atoms with Gasteiger partial charge in [-0.3, -0.25) is 0 Å². The fourth-order valence-corrected chi connectivity index (χ4v) is 3.48. The predicted molar refractivity (Wildman–Crippen MR) is 92.3 cm³/mol. The number of nitrogens with one attached hydrogen (secondary N) is 1. The van der Waals surface area contributed by atoms with E-state index in [1.54, 1.807) is 6.07 Å². The van der Waals surface area contributed by atoms with Gasteiger partial charge in [-0.15, -0.1) is 0 Å². The molecule has 1 aromatic heterocycles. The Morgan fingerprint density at radius 1 is 1.30 bits per heavy atom. The Kier molecular flexibility index (Phi) is 4.68. The van der Waals surface area contributed by atoms with Crippen molar-refractivity contribution < 1.29 is 9.90 Å². The number of benzene rings is 1. The number of carboxylic acids is 1. The zero-order chi connectivity index (χ0) is 16.4. The number of carboxylic acid groups (broad SMARTS) is 1. The van der Waals surface area contributed by atoms with E-state index in [-0.39, 0.29) is 0 Å². The molecule has 124 valence electrons. The van der Waals surface area contributed by atoms with E-state index in [0.29, 0.717) is 5.56 Å². The molecule has 0 bridgehead atoms. The highest BCUT2D eigenvalue weighted by molar-refractivity contribution is 6.03. The van der Waals surface area contributed by atoms with Crippen LogP contribution >= 0.6 is 0 Å². The normalized spacial score (nSPS) is 16.1. The summed E-state index contributed by atoms with van der Waals surface area (Å²) in [6, 6.07) is 3.90. The first-order valence-corrected chi connectivity index (χ1v) is 8.39. The van der Waals surface area contributed by atoms with Gasteiger partial charge in [0.1, 0.15) is 0 Å². The van der Waals surface area contributed by atoms with Crippen molar-refractivity contribution in [2.75, 3.05) is 32.7 Å². The Balaban J connectivity index is 1.95. The van der Waals surface area contributed by atoms with Crippen LogP contribution in [-0.4, -0.2) is 53.3 Å². The van der Waals surface area contributed by atoms with Gasteiger partial charge in [-0.1, -0.05) is 0 Å². The third-order valence-corrected chi connectivity index (χ3v) is 4.68.